The standard InChI is InChI=1S/C17H16F4N2O3/c1-22(12-5-3-11(4-6-12)17(19,20)21)7-8-23-14(10-24)13(9-15(23)18)16(25)26-2/h3-6,9-10H,7-8H2,1-2H3. The molecule has 0 spiro atoms. The zero-order valence-corrected chi connectivity index (χ0v) is 14.0. The summed E-state index contributed by atoms with van der Waals surface area (Å²) in [6, 6.07) is 5.42. The number of carbonyl (C=O) groups excluding carboxylic acids is 2. The molecule has 1 aromatic carbocycles. The maximum absolute atomic E-state index is 14.0. The van der Waals surface area contributed by atoms with Crippen LogP contribution in [0.5, 0.6) is 0 Å². The van der Waals surface area contributed by atoms with Gasteiger partial charge in [-0.15, -0.1) is 0 Å². The van der Waals surface area contributed by atoms with E-state index in [1.165, 1.54) is 12.1 Å². The molecule has 0 unspecified atom stereocenters. The Bertz CT molecular complexity index is 798. The van der Waals surface area contributed by atoms with E-state index in [0.717, 1.165) is 29.9 Å². The molecule has 0 amide bonds. The summed E-state index contributed by atoms with van der Waals surface area (Å²) in [5.74, 6) is -1.62. The van der Waals surface area contributed by atoms with Crippen LogP contribution in [0.15, 0.2) is 30.3 Å². The van der Waals surface area contributed by atoms with Gasteiger partial charge in [-0.2, -0.15) is 17.6 Å². The van der Waals surface area contributed by atoms with Crippen LogP contribution < -0.4 is 4.90 Å². The Morgan fingerprint density at radius 3 is 2.38 bits per heavy atom. The molecule has 0 radical (unpaired) electrons. The fraction of sp³-hybridized carbons (Fsp3) is 0.294. The molecule has 0 aliphatic rings. The van der Waals surface area contributed by atoms with Gasteiger partial charge in [0, 0.05) is 31.9 Å². The molecule has 0 bridgehead atoms. The van der Waals surface area contributed by atoms with Gasteiger partial charge < -0.3 is 14.2 Å². The maximum atomic E-state index is 14.0. The molecule has 0 atom stereocenters. The fourth-order valence-corrected chi connectivity index (χ4v) is 2.44. The SMILES string of the molecule is COC(=O)c1cc(F)n(CCN(C)c2ccc(C(F)(F)F)cc2)c1C=O. The first-order valence-corrected chi connectivity index (χ1v) is 7.50. The minimum atomic E-state index is -4.42. The van der Waals surface area contributed by atoms with Crippen molar-refractivity contribution in [1.29, 1.82) is 0 Å². The van der Waals surface area contributed by atoms with Crippen LogP contribution in [0.3, 0.4) is 0 Å². The van der Waals surface area contributed by atoms with Crippen molar-refractivity contribution in [1.82, 2.24) is 4.57 Å². The summed E-state index contributed by atoms with van der Waals surface area (Å²) in [5.41, 5.74) is -0.615. The summed E-state index contributed by atoms with van der Waals surface area (Å²) in [6.45, 7) is 0.201. The number of methoxy groups -OCH3 is 1. The highest BCUT2D eigenvalue weighted by Crippen LogP contribution is 2.30. The van der Waals surface area contributed by atoms with Crippen LogP contribution in [0.2, 0.25) is 0 Å². The van der Waals surface area contributed by atoms with Crippen LogP contribution in [0.1, 0.15) is 26.4 Å². The van der Waals surface area contributed by atoms with Gasteiger partial charge in [-0.05, 0) is 24.3 Å². The van der Waals surface area contributed by atoms with Gasteiger partial charge in [0.25, 0.3) is 0 Å². The number of ether oxygens (including phenoxy) is 1. The lowest BCUT2D eigenvalue weighted by molar-refractivity contribution is -0.137. The van der Waals surface area contributed by atoms with Crippen molar-refractivity contribution in [3.8, 4) is 0 Å². The molecule has 0 saturated carbocycles. The summed E-state index contributed by atoms with van der Waals surface area (Å²) < 4.78 is 57.3. The van der Waals surface area contributed by atoms with E-state index in [4.69, 9.17) is 0 Å². The number of alkyl halides is 3. The van der Waals surface area contributed by atoms with E-state index >= 15 is 0 Å². The minimum Gasteiger partial charge on any atom is -0.465 e. The summed E-state index contributed by atoms with van der Waals surface area (Å²) in [5, 5.41) is 0. The van der Waals surface area contributed by atoms with E-state index < -0.39 is 23.7 Å². The molecule has 2 aromatic rings. The number of rotatable bonds is 6. The average molecular weight is 372 g/mol. The second kappa shape index (κ2) is 7.59. The molecule has 9 heteroatoms. The number of aromatic nitrogens is 1. The first kappa shape index (κ1) is 19.5. The van der Waals surface area contributed by atoms with Gasteiger partial charge in [0.2, 0.25) is 0 Å². The number of hydrogen-bond acceptors (Lipinski definition) is 4. The third-order valence-electron chi connectivity index (χ3n) is 3.90. The van der Waals surface area contributed by atoms with Gasteiger partial charge in [-0.3, -0.25) is 4.79 Å². The number of nitrogens with zero attached hydrogens (tertiary/aromatic N) is 2. The molecule has 0 aliphatic carbocycles. The van der Waals surface area contributed by atoms with Crippen molar-refractivity contribution in [3.63, 3.8) is 0 Å². The quantitative estimate of drug-likeness (QED) is 0.443. The average Bonchev–Trinajstić information content (AvgIpc) is 2.93. The van der Waals surface area contributed by atoms with Gasteiger partial charge in [0.05, 0.1) is 23.9 Å². The maximum Gasteiger partial charge on any atom is 0.416 e. The third kappa shape index (κ3) is 4.04. The highest BCUT2D eigenvalue weighted by Gasteiger charge is 2.30. The molecule has 0 fully saturated rings. The van der Waals surface area contributed by atoms with Crippen molar-refractivity contribution in [2.45, 2.75) is 12.7 Å². The van der Waals surface area contributed by atoms with Gasteiger partial charge >= 0.3 is 12.1 Å². The van der Waals surface area contributed by atoms with Crippen molar-refractivity contribution >= 4 is 17.9 Å². The first-order chi connectivity index (χ1) is 12.2. The van der Waals surface area contributed by atoms with Crippen LogP contribution in [0.25, 0.3) is 0 Å². The molecule has 5 nitrogen and oxygen atoms in total. The molecule has 26 heavy (non-hydrogen) atoms. The number of hydrogen-bond donors (Lipinski definition) is 0. The van der Waals surface area contributed by atoms with Gasteiger partial charge in [0.15, 0.2) is 12.2 Å². The number of anilines is 1. The fourth-order valence-electron chi connectivity index (χ4n) is 2.44. The predicted molar refractivity (Wildman–Crippen MR) is 85.8 cm³/mol. The first-order valence-electron chi connectivity index (χ1n) is 7.50. The number of aldehydes is 1. The lowest BCUT2D eigenvalue weighted by Crippen LogP contribution is -2.24. The van der Waals surface area contributed by atoms with E-state index in [1.807, 2.05) is 0 Å². The lowest BCUT2D eigenvalue weighted by Gasteiger charge is -2.21. The molecular formula is C17H16F4N2O3. The topological polar surface area (TPSA) is 51.5 Å². The largest absolute Gasteiger partial charge is 0.465 e. The number of carbonyl (C=O) groups is 2. The monoisotopic (exact) mass is 372 g/mol. The molecule has 1 heterocycles. The smallest absolute Gasteiger partial charge is 0.416 e. The van der Waals surface area contributed by atoms with E-state index in [2.05, 4.69) is 4.74 Å². The van der Waals surface area contributed by atoms with Gasteiger partial charge in [0.1, 0.15) is 0 Å². The molecule has 0 aliphatic heterocycles. The second-order valence-corrected chi connectivity index (χ2v) is 5.49. The number of likely N-dealkylation sites (N-methyl/N-ethyl adjacent to an activating group) is 1. The highest BCUT2D eigenvalue weighted by atomic mass is 19.4. The van der Waals surface area contributed by atoms with Crippen molar-refractivity contribution in [2.24, 2.45) is 0 Å². The van der Waals surface area contributed by atoms with Crippen LogP contribution in [-0.2, 0) is 17.5 Å². The number of benzene rings is 1. The van der Waals surface area contributed by atoms with Crippen molar-refractivity contribution < 1.29 is 31.9 Å². The Balaban J connectivity index is 2.14. The summed E-state index contributed by atoms with van der Waals surface area (Å²) >= 11 is 0. The Kier molecular flexibility index (Phi) is 5.69. The molecular weight excluding hydrogens is 356 g/mol. The molecule has 2 rings (SSSR count). The highest BCUT2D eigenvalue weighted by molar-refractivity contribution is 5.97. The van der Waals surface area contributed by atoms with Crippen molar-refractivity contribution in [3.05, 3.63) is 53.1 Å². The van der Waals surface area contributed by atoms with Gasteiger partial charge in [-0.1, -0.05) is 0 Å². The van der Waals surface area contributed by atoms with Crippen molar-refractivity contribution in [2.75, 3.05) is 25.6 Å². The molecule has 140 valence electrons. The lowest BCUT2D eigenvalue weighted by atomic mass is 10.2. The Labute approximate surface area is 146 Å². The second-order valence-electron chi connectivity index (χ2n) is 5.49. The van der Waals surface area contributed by atoms with Crippen LogP contribution in [0, 0.1) is 5.95 Å². The Morgan fingerprint density at radius 1 is 1.27 bits per heavy atom. The summed E-state index contributed by atoms with van der Waals surface area (Å²) in [4.78, 5) is 24.4. The molecule has 0 N–H and O–H groups in total. The summed E-state index contributed by atoms with van der Waals surface area (Å²) in [7, 11) is 2.73. The Morgan fingerprint density at radius 2 is 1.88 bits per heavy atom. The molecule has 1 aromatic heterocycles. The minimum absolute atomic E-state index is 0.00836. The Hall–Kier alpha value is -2.84. The summed E-state index contributed by atoms with van der Waals surface area (Å²) in [6.07, 6.45) is -4.07. The molecule has 0 saturated heterocycles. The van der Waals surface area contributed by atoms with E-state index in [-0.39, 0.29) is 24.3 Å². The van der Waals surface area contributed by atoms with Crippen LogP contribution in [0.4, 0.5) is 23.2 Å². The number of esters is 1. The number of halogens is 4. The zero-order valence-electron chi connectivity index (χ0n) is 14.0. The van der Waals surface area contributed by atoms with E-state index in [9.17, 15) is 27.2 Å². The van der Waals surface area contributed by atoms with E-state index in [1.54, 1.807) is 11.9 Å². The van der Waals surface area contributed by atoms with Gasteiger partial charge in [-0.25, -0.2) is 4.79 Å². The van der Waals surface area contributed by atoms with Crippen LogP contribution in [-0.4, -0.2) is 37.5 Å². The van der Waals surface area contributed by atoms with Crippen LogP contribution >= 0.6 is 0 Å². The predicted octanol–water partition coefficient (Wildman–Crippen LogP) is 3.38. The third-order valence-corrected chi connectivity index (χ3v) is 3.90. The van der Waals surface area contributed by atoms with E-state index in [0.29, 0.717) is 12.0 Å². The normalized spacial score (nSPS) is 11.3. The zero-order chi connectivity index (χ0) is 19.5.